The van der Waals surface area contributed by atoms with Crippen LogP contribution in [0.15, 0.2) is 71.9 Å². The number of carbonyl (C=O) groups excluding carboxylic acids is 1. The highest BCUT2D eigenvalue weighted by molar-refractivity contribution is 7.89. The van der Waals surface area contributed by atoms with Crippen LogP contribution in [0, 0.1) is 12.1 Å². The Balaban J connectivity index is 1.26. The number of fused-ring (bicyclic) bond motifs is 1. The second-order valence-electron chi connectivity index (χ2n) is 8.52. The monoisotopic (exact) mass is 510 g/mol. The van der Waals surface area contributed by atoms with Crippen molar-refractivity contribution in [3.63, 3.8) is 0 Å². The number of benzene rings is 2. The van der Waals surface area contributed by atoms with E-state index in [2.05, 4.69) is 4.98 Å². The summed E-state index contributed by atoms with van der Waals surface area (Å²) in [6.07, 6.45) is 1.46. The lowest BCUT2D eigenvalue weighted by Crippen LogP contribution is -2.50. The Hall–Kier alpha value is -3.40. The molecule has 0 unspecified atom stereocenters. The molecule has 0 bridgehead atoms. The smallest absolute Gasteiger partial charge is 0.258 e. The van der Waals surface area contributed by atoms with E-state index in [9.17, 15) is 18.4 Å². The summed E-state index contributed by atoms with van der Waals surface area (Å²) >= 11 is 6.02. The van der Waals surface area contributed by atoms with Gasteiger partial charge < -0.3 is 15.1 Å². The van der Waals surface area contributed by atoms with E-state index in [1.54, 1.807) is 60.4 Å². The van der Waals surface area contributed by atoms with Crippen LogP contribution in [0.3, 0.4) is 0 Å². The van der Waals surface area contributed by atoms with Crippen molar-refractivity contribution in [1.29, 1.82) is 0 Å². The number of pyridine rings is 1. The second-order valence-corrected chi connectivity index (χ2v) is 10.9. The summed E-state index contributed by atoms with van der Waals surface area (Å²) in [6, 6.07) is 17.5. The predicted molar refractivity (Wildman–Crippen MR) is 134 cm³/mol. The van der Waals surface area contributed by atoms with E-state index >= 15 is 0 Å². The molecule has 0 radical (unpaired) electrons. The van der Waals surface area contributed by atoms with Gasteiger partial charge in [0.05, 0.1) is 0 Å². The molecule has 0 saturated carbocycles. The Morgan fingerprint density at radius 1 is 0.971 bits per heavy atom. The highest BCUT2D eigenvalue weighted by Crippen LogP contribution is 2.25. The first-order valence-electron chi connectivity index (χ1n) is 11.1. The van der Waals surface area contributed by atoms with Crippen LogP contribution in [0.25, 0.3) is 22.0 Å². The third kappa shape index (κ3) is 4.50. The molecule has 2 aromatic carbocycles. The van der Waals surface area contributed by atoms with Crippen LogP contribution in [-0.2, 0) is 10.0 Å². The van der Waals surface area contributed by atoms with Gasteiger partial charge in [0, 0.05) is 66.7 Å². The van der Waals surface area contributed by atoms with Crippen molar-refractivity contribution in [2.45, 2.75) is 11.9 Å². The molecule has 1 amide bonds. The molecule has 4 aromatic rings. The SMILES string of the molecule is Cc1cc(-c2ccc(C(=O)N3CCN(S(=O)(=O)c4cc5cc(Cl)ccc5[nH]4)CC3)cc2)cc[n+]1[O-]. The molecular formula is C25H23ClN4O4S. The summed E-state index contributed by atoms with van der Waals surface area (Å²) in [7, 11) is -3.72. The Kier molecular flexibility index (Phi) is 6.00. The van der Waals surface area contributed by atoms with E-state index in [1.165, 1.54) is 10.5 Å². The van der Waals surface area contributed by atoms with E-state index in [0.717, 1.165) is 21.2 Å². The number of nitrogens with zero attached hydrogens (tertiary/aromatic N) is 3. The second kappa shape index (κ2) is 8.99. The first kappa shape index (κ1) is 23.3. The standard InChI is InChI=1S/C25H23ClN4O4S/c1-17-14-20(8-9-30(17)32)18-2-4-19(5-3-18)25(31)28-10-12-29(13-11-28)35(33,34)24-16-21-15-22(26)6-7-23(21)27-24/h2-9,14-16,27H,10-13H2,1H3. The van der Waals surface area contributed by atoms with Crippen molar-refractivity contribution >= 4 is 38.4 Å². The molecule has 1 N–H and O–H groups in total. The van der Waals surface area contributed by atoms with Crippen LogP contribution in [0.5, 0.6) is 0 Å². The number of H-pyrrole nitrogens is 1. The maximum absolute atomic E-state index is 13.1. The topological polar surface area (TPSA) is 100 Å². The zero-order valence-corrected chi connectivity index (χ0v) is 20.5. The van der Waals surface area contributed by atoms with E-state index in [-0.39, 0.29) is 24.0 Å². The number of piperazine rings is 1. The summed E-state index contributed by atoms with van der Waals surface area (Å²) in [5, 5.41) is 12.9. The zero-order chi connectivity index (χ0) is 24.7. The zero-order valence-electron chi connectivity index (χ0n) is 18.9. The highest BCUT2D eigenvalue weighted by atomic mass is 35.5. The molecule has 0 aliphatic carbocycles. The molecule has 8 nitrogen and oxygen atoms in total. The van der Waals surface area contributed by atoms with Crippen LogP contribution < -0.4 is 4.73 Å². The number of amides is 1. The minimum atomic E-state index is -3.72. The number of aryl methyl sites for hydroxylation is 1. The Morgan fingerprint density at radius 2 is 1.69 bits per heavy atom. The van der Waals surface area contributed by atoms with Gasteiger partial charge in [0.25, 0.3) is 15.9 Å². The summed E-state index contributed by atoms with van der Waals surface area (Å²) in [6.45, 7) is 2.75. The Labute approximate surface area is 208 Å². The lowest BCUT2D eigenvalue weighted by molar-refractivity contribution is -0.612. The lowest BCUT2D eigenvalue weighted by atomic mass is 10.0. The summed E-state index contributed by atoms with van der Waals surface area (Å²) in [4.78, 5) is 17.6. The number of carbonyl (C=O) groups is 1. The Morgan fingerprint density at radius 3 is 2.37 bits per heavy atom. The largest absolute Gasteiger partial charge is 0.619 e. The summed E-state index contributed by atoms with van der Waals surface area (Å²) in [5.41, 5.74) is 3.62. The fourth-order valence-electron chi connectivity index (χ4n) is 4.26. The molecule has 3 heterocycles. The van der Waals surface area contributed by atoms with Gasteiger partial charge in [0.1, 0.15) is 5.03 Å². The Bertz CT molecular complexity index is 1530. The van der Waals surface area contributed by atoms with Gasteiger partial charge in [0.2, 0.25) is 0 Å². The molecule has 180 valence electrons. The number of hydrogen-bond acceptors (Lipinski definition) is 4. The van der Waals surface area contributed by atoms with Gasteiger partial charge in [-0.05, 0) is 47.5 Å². The number of rotatable bonds is 4. The summed E-state index contributed by atoms with van der Waals surface area (Å²) in [5.74, 6) is -0.143. The molecule has 1 fully saturated rings. The molecule has 0 spiro atoms. The molecule has 1 aliphatic rings. The van der Waals surface area contributed by atoms with Crippen LogP contribution in [0.2, 0.25) is 5.02 Å². The average molecular weight is 511 g/mol. The highest BCUT2D eigenvalue weighted by Gasteiger charge is 2.31. The third-order valence-corrected chi connectivity index (χ3v) is 8.32. The normalized spacial score (nSPS) is 15.0. The molecular weight excluding hydrogens is 488 g/mol. The van der Waals surface area contributed by atoms with E-state index in [4.69, 9.17) is 11.6 Å². The van der Waals surface area contributed by atoms with E-state index < -0.39 is 10.0 Å². The molecule has 2 aromatic heterocycles. The molecule has 5 rings (SSSR count). The minimum Gasteiger partial charge on any atom is -0.619 e. The first-order valence-corrected chi connectivity index (χ1v) is 12.9. The van der Waals surface area contributed by atoms with Crippen molar-refractivity contribution < 1.29 is 17.9 Å². The van der Waals surface area contributed by atoms with Crippen molar-refractivity contribution in [3.05, 3.63) is 88.3 Å². The maximum Gasteiger partial charge on any atom is 0.258 e. The molecule has 10 heteroatoms. The predicted octanol–water partition coefficient (Wildman–Crippen LogP) is 3.58. The van der Waals surface area contributed by atoms with Gasteiger partial charge in [-0.3, -0.25) is 4.79 Å². The van der Waals surface area contributed by atoms with E-state index in [1.807, 2.05) is 12.1 Å². The number of aromatic amines is 1. The molecule has 35 heavy (non-hydrogen) atoms. The van der Waals surface area contributed by atoms with Crippen LogP contribution in [0.1, 0.15) is 16.1 Å². The van der Waals surface area contributed by atoms with Crippen LogP contribution in [0.4, 0.5) is 0 Å². The summed E-state index contributed by atoms with van der Waals surface area (Å²) < 4.78 is 28.5. The first-order chi connectivity index (χ1) is 16.7. The van der Waals surface area contributed by atoms with Gasteiger partial charge in [-0.2, -0.15) is 9.04 Å². The van der Waals surface area contributed by atoms with Crippen molar-refractivity contribution in [2.24, 2.45) is 0 Å². The number of hydrogen-bond donors (Lipinski definition) is 1. The van der Waals surface area contributed by atoms with Gasteiger partial charge in [-0.25, -0.2) is 8.42 Å². The van der Waals surface area contributed by atoms with Crippen LogP contribution in [-0.4, -0.2) is 54.7 Å². The van der Waals surface area contributed by atoms with Crippen molar-refractivity contribution in [3.8, 4) is 11.1 Å². The number of halogens is 1. The fraction of sp³-hybridized carbons (Fsp3) is 0.200. The number of aromatic nitrogens is 2. The molecule has 1 aliphatic heterocycles. The average Bonchev–Trinajstić information content (AvgIpc) is 3.30. The van der Waals surface area contributed by atoms with Gasteiger partial charge >= 0.3 is 0 Å². The fourth-order valence-corrected chi connectivity index (χ4v) is 5.87. The molecule has 0 atom stereocenters. The van der Waals surface area contributed by atoms with Crippen molar-refractivity contribution in [2.75, 3.05) is 26.2 Å². The van der Waals surface area contributed by atoms with E-state index in [0.29, 0.717) is 34.9 Å². The van der Waals surface area contributed by atoms with Gasteiger partial charge in [0.15, 0.2) is 11.9 Å². The molecule has 1 saturated heterocycles. The lowest BCUT2D eigenvalue weighted by Gasteiger charge is -2.33. The van der Waals surface area contributed by atoms with Gasteiger partial charge in [-0.15, -0.1) is 0 Å². The minimum absolute atomic E-state index is 0.115. The van der Waals surface area contributed by atoms with Crippen molar-refractivity contribution in [1.82, 2.24) is 14.2 Å². The van der Waals surface area contributed by atoms with Crippen LogP contribution >= 0.6 is 11.6 Å². The maximum atomic E-state index is 13.1. The van der Waals surface area contributed by atoms with Gasteiger partial charge in [-0.1, -0.05) is 23.7 Å². The number of nitrogens with one attached hydrogen (secondary N) is 1. The third-order valence-electron chi connectivity index (χ3n) is 6.27. The number of sulfonamides is 1. The quantitative estimate of drug-likeness (QED) is 0.335.